The van der Waals surface area contributed by atoms with Gasteiger partial charge in [-0.3, -0.25) is 0 Å². The lowest BCUT2D eigenvalue weighted by Crippen LogP contribution is -2.24. The maximum absolute atomic E-state index is 11.0. The molecule has 1 aromatic carbocycles. The highest BCUT2D eigenvalue weighted by Gasteiger charge is 2.09. The Labute approximate surface area is 108 Å². The van der Waals surface area contributed by atoms with E-state index in [-0.39, 0.29) is 0 Å². The Morgan fingerprint density at radius 1 is 1.17 bits per heavy atom. The van der Waals surface area contributed by atoms with Crippen molar-refractivity contribution in [2.24, 2.45) is 0 Å². The fraction of sp³-hybridized carbons (Fsp3) is 0.500. The first-order chi connectivity index (χ1) is 8.37. The molecule has 1 rings (SSSR count). The van der Waals surface area contributed by atoms with E-state index in [2.05, 4.69) is 4.72 Å². The average Bonchev–Trinajstić information content (AvgIpc) is 2.29. The third-order valence-electron chi connectivity index (χ3n) is 2.60. The van der Waals surface area contributed by atoms with E-state index in [1.54, 1.807) is 14.2 Å². The molecule has 0 bridgehead atoms. The topological polar surface area (TPSA) is 64.6 Å². The molecule has 0 saturated heterocycles. The van der Waals surface area contributed by atoms with Gasteiger partial charge in [-0.2, -0.15) is 0 Å². The molecule has 0 aliphatic rings. The number of sulfonamides is 1. The highest BCUT2D eigenvalue weighted by Crippen LogP contribution is 2.30. The Kier molecular flexibility index (Phi) is 4.98. The molecule has 0 amide bonds. The summed E-state index contributed by atoms with van der Waals surface area (Å²) in [4.78, 5) is 0. The quantitative estimate of drug-likeness (QED) is 0.843. The van der Waals surface area contributed by atoms with Gasteiger partial charge >= 0.3 is 0 Å². The molecular weight excluding hydrogens is 254 g/mol. The van der Waals surface area contributed by atoms with Crippen molar-refractivity contribution in [3.63, 3.8) is 0 Å². The zero-order chi connectivity index (χ0) is 13.8. The molecule has 0 saturated carbocycles. The number of benzene rings is 1. The standard InChI is InChI=1S/C12H19NO4S/c1-9-7-11(16-2)12(17-3)8-10(9)5-6-13-18(4,14)15/h7-8,13H,5-6H2,1-4H3. The molecule has 18 heavy (non-hydrogen) atoms. The highest BCUT2D eigenvalue weighted by molar-refractivity contribution is 7.88. The molecule has 1 aromatic rings. The van der Waals surface area contributed by atoms with Crippen molar-refractivity contribution in [2.75, 3.05) is 27.0 Å². The number of methoxy groups -OCH3 is 2. The monoisotopic (exact) mass is 273 g/mol. The maximum atomic E-state index is 11.0. The summed E-state index contributed by atoms with van der Waals surface area (Å²) in [6.07, 6.45) is 1.76. The summed E-state index contributed by atoms with van der Waals surface area (Å²) in [5.74, 6) is 1.33. The van der Waals surface area contributed by atoms with Crippen LogP contribution >= 0.6 is 0 Å². The van der Waals surface area contributed by atoms with E-state index in [4.69, 9.17) is 9.47 Å². The van der Waals surface area contributed by atoms with Gasteiger partial charge in [0.05, 0.1) is 20.5 Å². The van der Waals surface area contributed by atoms with Gasteiger partial charge in [-0.05, 0) is 36.6 Å². The third kappa shape index (κ3) is 4.19. The molecule has 0 aromatic heterocycles. The molecule has 0 spiro atoms. The molecule has 102 valence electrons. The largest absolute Gasteiger partial charge is 0.493 e. The Bertz CT molecular complexity index is 511. The molecule has 0 aliphatic carbocycles. The van der Waals surface area contributed by atoms with Crippen molar-refractivity contribution in [1.29, 1.82) is 0 Å². The molecule has 0 unspecified atom stereocenters. The predicted molar refractivity (Wildman–Crippen MR) is 70.8 cm³/mol. The number of nitrogens with one attached hydrogen (secondary N) is 1. The summed E-state index contributed by atoms with van der Waals surface area (Å²) in [6, 6.07) is 3.76. The van der Waals surface area contributed by atoms with Crippen LogP contribution in [0.3, 0.4) is 0 Å². The van der Waals surface area contributed by atoms with Gasteiger partial charge in [0, 0.05) is 6.54 Å². The van der Waals surface area contributed by atoms with Gasteiger partial charge in [0.1, 0.15) is 0 Å². The van der Waals surface area contributed by atoms with Crippen LogP contribution in [0, 0.1) is 6.92 Å². The fourth-order valence-electron chi connectivity index (χ4n) is 1.66. The molecule has 0 atom stereocenters. The second-order valence-electron chi connectivity index (χ2n) is 4.05. The van der Waals surface area contributed by atoms with E-state index in [0.29, 0.717) is 24.5 Å². The molecule has 1 N–H and O–H groups in total. The predicted octanol–water partition coefficient (Wildman–Crippen LogP) is 1.10. The first-order valence-corrected chi connectivity index (χ1v) is 7.42. The van der Waals surface area contributed by atoms with Gasteiger partial charge in [-0.15, -0.1) is 0 Å². The zero-order valence-electron chi connectivity index (χ0n) is 11.1. The van der Waals surface area contributed by atoms with E-state index in [1.165, 1.54) is 0 Å². The SMILES string of the molecule is COc1cc(C)c(CCNS(C)(=O)=O)cc1OC. The lowest BCUT2D eigenvalue weighted by atomic mass is 10.0. The second kappa shape index (κ2) is 6.06. The van der Waals surface area contributed by atoms with Gasteiger partial charge in [0.15, 0.2) is 11.5 Å². The van der Waals surface area contributed by atoms with Gasteiger partial charge in [0.2, 0.25) is 10.0 Å². The summed E-state index contributed by atoms with van der Waals surface area (Å²) in [5, 5.41) is 0. The molecule has 0 heterocycles. The van der Waals surface area contributed by atoms with Gasteiger partial charge in [-0.1, -0.05) is 0 Å². The van der Waals surface area contributed by atoms with Gasteiger partial charge in [0.25, 0.3) is 0 Å². The van der Waals surface area contributed by atoms with Crippen LogP contribution in [-0.4, -0.2) is 35.4 Å². The number of aryl methyl sites for hydroxylation is 1. The summed E-state index contributed by atoms with van der Waals surface area (Å²) in [7, 11) is 0.0190. The van der Waals surface area contributed by atoms with E-state index in [1.807, 2.05) is 19.1 Å². The Morgan fingerprint density at radius 2 is 1.72 bits per heavy atom. The average molecular weight is 273 g/mol. The van der Waals surface area contributed by atoms with E-state index in [0.717, 1.165) is 17.4 Å². The van der Waals surface area contributed by atoms with E-state index in [9.17, 15) is 8.42 Å². The first kappa shape index (κ1) is 14.8. The van der Waals surface area contributed by atoms with Crippen LogP contribution in [0.2, 0.25) is 0 Å². The van der Waals surface area contributed by atoms with Crippen LogP contribution in [0.5, 0.6) is 11.5 Å². The maximum Gasteiger partial charge on any atom is 0.208 e. The van der Waals surface area contributed by atoms with Crippen LogP contribution in [0.25, 0.3) is 0 Å². The van der Waals surface area contributed by atoms with Crippen molar-refractivity contribution in [3.05, 3.63) is 23.3 Å². The summed E-state index contributed by atoms with van der Waals surface area (Å²) < 4.78 is 34.8. The molecular formula is C12H19NO4S. The Hall–Kier alpha value is -1.27. The highest BCUT2D eigenvalue weighted by atomic mass is 32.2. The lowest BCUT2D eigenvalue weighted by Gasteiger charge is -2.12. The first-order valence-electron chi connectivity index (χ1n) is 5.53. The second-order valence-corrected chi connectivity index (χ2v) is 5.88. The zero-order valence-corrected chi connectivity index (χ0v) is 11.9. The minimum Gasteiger partial charge on any atom is -0.493 e. The van der Waals surface area contributed by atoms with Gasteiger partial charge in [-0.25, -0.2) is 13.1 Å². The van der Waals surface area contributed by atoms with Crippen LogP contribution in [0.1, 0.15) is 11.1 Å². The number of ether oxygens (including phenoxy) is 2. The van der Waals surface area contributed by atoms with Crippen LogP contribution in [0.15, 0.2) is 12.1 Å². The Balaban J connectivity index is 2.83. The van der Waals surface area contributed by atoms with Crippen molar-refractivity contribution >= 4 is 10.0 Å². The smallest absolute Gasteiger partial charge is 0.208 e. The van der Waals surface area contributed by atoms with E-state index >= 15 is 0 Å². The van der Waals surface area contributed by atoms with E-state index < -0.39 is 10.0 Å². The number of hydrogen-bond acceptors (Lipinski definition) is 4. The van der Waals surface area contributed by atoms with Crippen molar-refractivity contribution in [1.82, 2.24) is 4.72 Å². The lowest BCUT2D eigenvalue weighted by molar-refractivity contribution is 0.354. The fourth-order valence-corrected chi connectivity index (χ4v) is 2.14. The van der Waals surface area contributed by atoms with Crippen molar-refractivity contribution in [2.45, 2.75) is 13.3 Å². The summed E-state index contributed by atoms with van der Waals surface area (Å²) >= 11 is 0. The van der Waals surface area contributed by atoms with Crippen molar-refractivity contribution in [3.8, 4) is 11.5 Å². The minimum absolute atomic E-state index is 0.370. The Morgan fingerprint density at radius 3 is 2.22 bits per heavy atom. The number of hydrogen-bond donors (Lipinski definition) is 1. The molecule has 0 radical (unpaired) electrons. The minimum atomic E-state index is -3.14. The van der Waals surface area contributed by atoms with Crippen LogP contribution in [-0.2, 0) is 16.4 Å². The molecule has 6 heteroatoms. The molecule has 0 aliphatic heterocycles. The summed E-state index contributed by atoms with van der Waals surface area (Å²) in [6.45, 7) is 2.33. The van der Waals surface area contributed by atoms with Crippen LogP contribution in [0.4, 0.5) is 0 Å². The van der Waals surface area contributed by atoms with Gasteiger partial charge < -0.3 is 9.47 Å². The summed E-state index contributed by atoms with van der Waals surface area (Å²) in [5.41, 5.74) is 2.08. The van der Waals surface area contributed by atoms with Crippen LogP contribution < -0.4 is 14.2 Å². The third-order valence-corrected chi connectivity index (χ3v) is 3.33. The molecule has 5 nitrogen and oxygen atoms in total. The number of rotatable bonds is 6. The van der Waals surface area contributed by atoms with Crippen molar-refractivity contribution < 1.29 is 17.9 Å². The normalized spacial score (nSPS) is 11.3. The molecule has 0 fully saturated rings.